The molecule has 0 radical (unpaired) electrons. The summed E-state index contributed by atoms with van der Waals surface area (Å²) in [6, 6.07) is 15.9. The van der Waals surface area contributed by atoms with Crippen molar-refractivity contribution in [3.8, 4) is 5.75 Å². The van der Waals surface area contributed by atoms with E-state index in [1.165, 1.54) is 4.90 Å². The fourth-order valence-corrected chi connectivity index (χ4v) is 3.52. The number of likely N-dealkylation sites (N-methyl/N-ethyl adjacent to an activating group) is 1. The molecule has 0 aliphatic carbocycles. The van der Waals surface area contributed by atoms with Crippen molar-refractivity contribution in [1.82, 2.24) is 15.3 Å². The van der Waals surface area contributed by atoms with Crippen LogP contribution in [0.4, 0.5) is 11.5 Å². The Kier molecular flexibility index (Phi) is 10.4. The van der Waals surface area contributed by atoms with E-state index in [1.54, 1.807) is 61.1 Å². The number of ether oxygens (including phenoxy) is 1. The molecule has 2 heterocycles. The summed E-state index contributed by atoms with van der Waals surface area (Å²) in [6.45, 7) is 2.48. The molecule has 0 fully saturated rings. The van der Waals surface area contributed by atoms with Crippen molar-refractivity contribution in [1.29, 1.82) is 0 Å². The minimum atomic E-state index is -1.04. The van der Waals surface area contributed by atoms with E-state index in [2.05, 4.69) is 20.6 Å². The Balaban J connectivity index is 1.69. The van der Waals surface area contributed by atoms with Gasteiger partial charge in [0.25, 0.3) is 5.91 Å². The van der Waals surface area contributed by atoms with Crippen LogP contribution in [0.2, 0.25) is 0 Å². The van der Waals surface area contributed by atoms with E-state index in [9.17, 15) is 14.4 Å². The number of carbonyl (C=O) groups excluding carboxylic acids is 2. The fourth-order valence-electron chi connectivity index (χ4n) is 3.52. The predicted octanol–water partition coefficient (Wildman–Crippen LogP) is 3.26. The zero-order valence-corrected chi connectivity index (χ0v) is 20.7. The van der Waals surface area contributed by atoms with Crippen molar-refractivity contribution in [2.75, 3.05) is 23.4 Å². The van der Waals surface area contributed by atoms with Gasteiger partial charge in [-0.1, -0.05) is 12.1 Å². The van der Waals surface area contributed by atoms with Gasteiger partial charge in [0, 0.05) is 43.7 Å². The van der Waals surface area contributed by atoms with Gasteiger partial charge in [-0.2, -0.15) is 0 Å². The quantitative estimate of drug-likeness (QED) is 0.225. The van der Waals surface area contributed by atoms with E-state index in [0.29, 0.717) is 36.6 Å². The summed E-state index contributed by atoms with van der Waals surface area (Å²) in [4.78, 5) is 46.8. The molecule has 0 aliphatic rings. The summed E-state index contributed by atoms with van der Waals surface area (Å²) in [5.74, 6) is -0.456. The number of nitrogens with zero attached hydrogens (tertiary/aromatic N) is 3. The standard InChI is InChI=1S/C27H31N5O5/c1-2-32(23-8-3-4-17-29-23)27(36)26(31-24(33)15-10-20-7-5-16-28-19-20)30-21-11-13-22(14-12-21)37-18-6-9-25(34)35/h3-5,7-8,11-14,16-17,19,26,30H,2,6,9-10,15,18H2,1H3,(H,31,33)(H,34,35). The second-order valence-electron chi connectivity index (χ2n) is 8.15. The smallest absolute Gasteiger partial charge is 0.303 e. The number of carboxylic acids is 1. The van der Waals surface area contributed by atoms with Gasteiger partial charge in [0.2, 0.25) is 5.91 Å². The molecule has 10 nitrogen and oxygen atoms in total. The van der Waals surface area contributed by atoms with Gasteiger partial charge < -0.3 is 20.5 Å². The van der Waals surface area contributed by atoms with Crippen LogP contribution in [-0.4, -0.2) is 52.2 Å². The number of aliphatic carboxylic acids is 1. The van der Waals surface area contributed by atoms with Crippen molar-refractivity contribution in [2.45, 2.75) is 38.8 Å². The van der Waals surface area contributed by atoms with E-state index in [1.807, 2.05) is 19.1 Å². The lowest BCUT2D eigenvalue weighted by Crippen LogP contribution is -2.53. The van der Waals surface area contributed by atoms with Crippen LogP contribution in [0.1, 0.15) is 31.7 Å². The Morgan fingerprint density at radius 2 is 1.84 bits per heavy atom. The molecule has 0 saturated heterocycles. The zero-order chi connectivity index (χ0) is 26.5. The molecule has 194 valence electrons. The third kappa shape index (κ3) is 8.92. The number of hydrogen-bond acceptors (Lipinski definition) is 7. The van der Waals surface area contributed by atoms with Gasteiger partial charge in [0.15, 0.2) is 6.17 Å². The van der Waals surface area contributed by atoms with Gasteiger partial charge >= 0.3 is 5.97 Å². The highest BCUT2D eigenvalue weighted by atomic mass is 16.5. The maximum atomic E-state index is 13.5. The van der Waals surface area contributed by atoms with E-state index < -0.39 is 12.1 Å². The molecule has 3 N–H and O–H groups in total. The second kappa shape index (κ2) is 14.2. The second-order valence-corrected chi connectivity index (χ2v) is 8.15. The van der Waals surface area contributed by atoms with Crippen molar-refractivity contribution in [3.05, 3.63) is 78.8 Å². The zero-order valence-electron chi connectivity index (χ0n) is 20.7. The molecule has 10 heteroatoms. The van der Waals surface area contributed by atoms with Crippen molar-refractivity contribution >= 4 is 29.3 Å². The average Bonchev–Trinajstić information content (AvgIpc) is 2.92. The van der Waals surface area contributed by atoms with Crippen LogP contribution in [0.5, 0.6) is 5.75 Å². The normalized spacial score (nSPS) is 11.3. The maximum absolute atomic E-state index is 13.5. The van der Waals surface area contributed by atoms with Crippen LogP contribution >= 0.6 is 0 Å². The molecule has 1 atom stereocenters. The number of rotatable bonds is 14. The Hall–Kier alpha value is -4.47. The monoisotopic (exact) mass is 505 g/mol. The van der Waals surface area contributed by atoms with Gasteiger partial charge in [0.05, 0.1) is 6.61 Å². The first kappa shape index (κ1) is 27.1. The first-order valence-electron chi connectivity index (χ1n) is 12.1. The number of carbonyl (C=O) groups is 3. The molecule has 0 saturated carbocycles. The van der Waals surface area contributed by atoms with Crippen LogP contribution in [0.25, 0.3) is 0 Å². The number of benzene rings is 1. The number of aromatic nitrogens is 2. The Morgan fingerprint density at radius 3 is 2.49 bits per heavy atom. The molecule has 0 aliphatic heterocycles. The molecule has 37 heavy (non-hydrogen) atoms. The SMILES string of the molecule is CCN(C(=O)C(NC(=O)CCc1cccnc1)Nc1ccc(OCCCC(=O)O)cc1)c1ccccn1. The van der Waals surface area contributed by atoms with Crippen LogP contribution in [0, 0.1) is 0 Å². The predicted molar refractivity (Wildman–Crippen MR) is 139 cm³/mol. The van der Waals surface area contributed by atoms with Gasteiger partial charge in [-0.3, -0.25) is 24.3 Å². The lowest BCUT2D eigenvalue weighted by molar-refractivity contribution is -0.137. The molecule has 2 aromatic heterocycles. The summed E-state index contributed by atoms with van der Waals surface area (Å²) < 4.78 is 5.57. The number of pyridine rings is 2. The molecule has 3 rings (SSSR count). The van der Waals surface area contributed by atoms with Gasteiger partial charge in [0.1, 0.15) is 11.6 Å². The minimum Gasteiger partial charge on any atom is -0.494 e. The summed E-state index contributed by atoms with van der Waals surface area (Å²) in [5.41, 5.74) is 1.52. The number of nitrogens with one attached hydrogen (secondary N) is 2. The fraction of sp³-hybridized carbons (Fsp3) is 0.296. The molecule has 0 spiro atoms. The molecule has 0 bridgehead atoms. The molecule has 2 amide bonds. The first-order chi connectivity index (χ1) is 18.0. The Bertz CT molecular complexity index is 1140. The van der Waals surface area contributed by atoms with Gasteiger partial charge in [-0.05, 0) is 67.8 Å². The highest BCUT2D eigenvalue weighted by molar-refractivity contribution is 5.99. The first-order valence-corrected chi connectivity index (χ1v) is 12.1. The molecule has 3 aromatic rings. The third-order valence-corrected chi connectivity index (χ3v) is 5.39. The third-order valence-electron chi connectivity index (χ3n) is 5.39. The highest BCUT2D eigenvalue weighted by Crippen LogP contribution is 2.18. The van der Waals surface area contributed by atoms with E-state index in [-0.39, 0.29) is 31.3 Å². The van der Waals surface area contributed by atoms with E-state index >= 15 is 0 Å². The van der Waals surface area contributed by atoms with E-state index in [4.69, 9.17) is 9.84 Å². The van der Waals surface area contributed by atoms with Crippen molar-refractivity contribution in [3.63, 3.8) is 0 Å². The number of hydrogen-bond donors (Lipinski definition) is 3. The summed E-state index contributed by atoms with van der Waals surface area (Å²) in [5, 5.41) is 14.6. The average molecular weight is 506 g/mol. The van der Waals surface area contributed by atoms with E-state index in [0.717, 1.165) is 5.56 Å². The maximum Gasteiger partial charge on any atom is 0.303 e. The molecule has 1 aromatic carbocycles. The lowest BCUT2D eigenvalue weighted by Gasteiger charge is -2.27. The van der Waals surface area contributed by atoms with Crippen LogP contribution in [0.3, 0.4) is 0 Å². The van der Waals surface area contributed by atoms with Crippen LogP contribution < -0.4 is 20.3 Å². The Morgan fingerprint density at radius 1 is 1.03 bits per heavy atom. The summed E-state index contributed by atoms with van der Waals surface area (Å²) in [6.07, 6.45) is 5.07. The van der Waals surface area contributed by atoms with Gasteiger partial charge in [-0.25, -0.2) is 4.98 Å². The Labute approximate surface area is 215 Å². The topological polar surface area (TPSA) is 134 Å². The highest BCUT2D eigenvalue weighted by Gasteiger charge is 2.27. The largest absolute Gasteiger partial charge is 0.494 e. The number of aryl methyl sites for hydroxylation is 1. The summed E-state index contributed by atoms with van der Waals surface area (Å²) >= 11 is 0. The number of amides is 2. The lowest BCUT2D eigenvalue weighted by atomic mass is 10.1. The van der Waals surface area contributed by atoms with Crippen molar-refractivity contribution < 1.29 is 24.2 Å². The number of carboxylic acid groups (broad SMARTS) is 1. The number of anilines is 2. The van der Waals surface area contributed by atoms with Crippen LogP contribution in [0.15, 0.2) is 73.2 Å². The minimum absolute atomic E-state index is 0.0358. The van der Waals surface area contributed by atoms with Crippen molar-refractivity contribution in [2.24, 2.45) is 0 Å². The van der Waals surface area contributed by atoms with Gasteiger partial charge in [-0.15, -0.1) is 0 Å². The summed E-state index contributed by atoms with van der Waals surface area (Å²) in [7, 11) is 0. The molecule has 1 unspecified atom stereocenters. The molecular weight excluding hydrogens is 474 g/mol. The van der Waals surface area contributed by atoms with Crippen LogP contribution in [-0.2, 0) is 20.8 Å². The molecular formula is C27H31N5O5.